The molecule has 3 heteroatoms. The molecule has 1 unspecified atom stereocenters. The molecule has 0 aliphatic heterocycles. The van der Waals surface area contributed by atoms with Crippen molar-refractivity contribution in [2.75, 3.05) is 0 Å². The van der Waals surface area contributed by atoms with Crippen LogP contribution in [0, 0.1) is 16.7 Å². The fourth-order valence-electron chi connectivity index (χ4n) is 7.45. The lowest BCUT2D eigenvalue weighted by Gasteiger charge is -2.46. The smallest absolute Gasteiger partial charge is 0.0638 e. The molecule has 1 atom stereocenters. The molecule has 0 aliphatic rings. The highest BCUT2D eigenvalue weighted by molar-refractivity contribution is 4.92. The van der Waals surface area contributed by atoms with Crippen molar-refractivity contribution in [3.05, 3.63) is 0 Å². The third kappa shape index (κ3) is 15.5. The van der Waals surface area contributed by atoms with E-state index in [4.69, 9.17) is 15.2 Å². The van der Waals surface area contributed by atoms with Gasteiger partial charge >= 0.3 is 0 Å². The summed E-state index contributed by atoms with van der Waals surface area (Å²) in [6, 6.07) is 0. The van der Waals surface area contributed by atoms with Crippen molar-refractivity contribution in [2.24, 2.45) is 22.5 Å². The van der Waals surface area contributed by atoms with Crippen molar-refractivity contribution in [2.45, 2.75) is 177 Å². The molecule has 33 heavy (non-hydrogen) atoms. The van der Waals surface area contributed by atoms with Gasteiger partial charge in [-0.25, -0.2) is 0 Å². The SMILES string of the molecule is CCC(C)CC(C)(C)OC(C)(C)CC(C)(C)CC(C)(C)OC(C)(C)CC(C)(C)CC(C)(C)N. The maximum atomic E-state index is 6.81. The summed E-state index contributed by atoms with van der Waals surface area (Å²) >= 11 is 0. The highest BCUT2D eigenvalue weighted by atomic mass is 16.5. The fourth-order valence-corrected chi connectivity index (χ4v) is 7.45. The molecule has 0 aliphatic carbocycles. The normalized spacial score (nSPS) is 16.3. The van der Waals surface area contributed by atoms with Crippen LogP contribution in [-0.4, -0.2) is 27.9 Å². The van der Waals surface area contributed by atoms with Crippen LogP contribution in [0.4, 0.5) is 0 Å². The summed E-state index contributed by atoms with van der Waals surface area (Å²) < 4.78 is 13.5. The van der Waals surface area contributed by atoms with Crippen LogP contribution in [-0.2, 0) is 9.47 Å². The van der Waals surface area contributed by atoms with E-state index < -0.39 is 0 Å². The van der Waals surface area contributed by atoms with Gasteiger partial charge in [0.05, 0.1) is 22.4 Å². The van der Waals surface area contributed by atoms with Gasteiger partial charge in [0.2, 0.25) is 0 Å². The van der Waals surface area contributed by atoms with E-state index >= 15 is 0 Å². The van der Waals surface area contributed by atoms with Gasteiger partial charge in [0, 0.05) is 5.54 Å². The van der Waals surface area contributed by atoms with E-state index in [0.29, 0.717) is 5.92 Å². The number of hydrogen-bond donors (Lipinski definition) is 1. The molecule has 200 valence electrons. The van der Waals surface area contributed by atoms with Gasteiger partial charge in [0.25, 0.3) is 0 Å². The first-order valence-corrected chi connectivity index (χ1v) is 13.4. The van der Waals surface area contributed by atoms with Crippen LogP contribution >= 0.6 is 0 Å². The van der Waals surface area contributed by atoms with E-state index in [2.05, 4.69) is 111 Å². The van der Waals surface area contributed by atoms with Crippen molar-refractivity contribution in [3.63, 3.8) is 0 Å². The molecule has 0 aromatic heterocycles. The Balaban J connectivity index is 5.23. The molecule has 0 heterocycles. The Kier molecular flexibility index (Phi) is 10.8. The number of hydrogen-bond acceptors (Lipinski definition) is 3. The van der Waals surface area contributed by atoms with Crippen LogP contribution < -0.4 is 5.73 Å². The molecule has 0 amide bonds. The number of nitrogens with two attached hydrogens (primary N) is 1. The molecule has 0 radical (unpaired) electrons. The van der Waals surface area contributed by atoms with Crippen molar-refractivity contribution in [3.8, 4) is 0 Å². The van der Waals surface area contributed by atoms with Crippen molar-refractivity contribution in [1.82, 2.24) is 0 Å². The average Bonchev–Trinajstić information content (AvgIpc) is 2.35. The third-order valence-electron chi connectivity index (χ3n) is 6.29. The molecule has 0 fully saturated rings. The zero-order valence-electron chi connectivity index (χ0n) is 25.7. The van der Waals surface area contributed by atoms with Gasteiger partial charge in [-0.15, -0.1) is 0 Å². The quantitative estimate of drug-likeness (QED) is 0.260. The Labute approximate surface area is 209 Å². The molecule has 0 saturated carbocycles. The first-order valence-electron chi connectivity index (χ1n) is 13.4. The molecule has 0 aromatic rings. The van der Waals surface area contributed by atoms with E-state index in [1.807, 2.05) is 0 Å². The minimum absolute atomic E-state index is 0.0876. The van der Waals surface area contributed by atoms with E-state index in [1.165, 1.54) is 6.42 Å². The Bertz CT molecular complexity index is 591. The minimum atomic E-state index is -0.233. The van der Waals surface area contributed by atoms with Crippen molar-refractivity contribution < 1.29 is 9.47 Å². The predicted molar refractivity (Wildman–Crippen MR) is 147 cm³/mol. The third-order valence-corrected chi connectivity index (χ3v) is 6.29. The molecule has 2 N–H and O–H groups in total. The molecule has 0 saturated heterocycles. The van der Waals surface area contributed by atoms with Gasteiger partial charge in [-0.1, -0.05) is 48.0 Å². The van der Waals surface area contributed by atoms with E-state index in [1.54, 1.807) is 0 Å². The summed E-state index contributed by atoms with van der Waals surface area (Å²) in [4.78, 5) is 0. The fraction of sp³-hybridized carbons (Fsp3) is 1.00. The van der Waals surface area contributed by atoms with Crippen molar-refractivity contribution in [1.29, 1.82) is 0 Å². The summed E-state index contributed by atoms with van der Waals surface area (Å²) in [5.41, 5.74) is 5.59. The lowest BCUT2D eigenvalue weighted by molar-refractivity contribution is -0.169. The van der Waals surface area contributed by atoms with Gasteiger partial charge in [-0.3, -0.25) is 0 Å². The minimum Gasteiger partial charge on any atom is -0.370 e. The summed E-state index contributed by atoms with van der Waals surface area (Å²) in [7, 11) is 0. The second-order valence-electron chi connectivity index (χ2n) is 16.0. The molecule has 0 spiro atoms. The monoisotopic (exact) mass is 469 g/mol. The second-order valence-corrected chi connectivity index (χ2v) is 16.0. The maximum Gasteiger partial charge on any atom is 0.0638 e. The van der Waals surface area contributed by atoms with E-state index in [0.717, 1.165) is 32.1 Å². The molecule has 3 nitrogen and oxygen atoms in total. The van der Waals surface area contributed by atoms with E-state index in [9.17, 15) is 0 Å². The van der Waals surface area contributed by atoms with Gasteiger partial charge < -0.3 is 15.2 Å². The Morgan fingerprint density at radius 2 is 0.848 bits per heavy atom. The van der Waals surface area contributed by atoms with Crippen LogP contribution in [0.2, 0.25) is 0 Å². The lowest BCUT2D eigenvalue weighted by Crippen LogP contribution is -2.46. The first kappa shape index (κ1) is 32.9. The lowest BCUT2D eigenvalue weighted by atomic mass is 9.72. The van der Waals surface area contributed by atoms with Crippen LogP contribution in [0.1, 0.15) is 149 Å². The highest BCUT2D eigenvalue weighted by Crippen LogP contribution is 2.43. The average molecular weight is 470 g/mol. The topological polar surface area (TPSA) is 44.5 Å². The summed E-state index contributed by atoms with van der Waals surface area (Å²) in [6.45, 7) is 36.1. The molecular weight excluding hydrogens is 406 g/mol. The number of ether oxygens (including phenoxy) is 2. The standard InChI is InChI=1S/C30H63NO2/c1-17-23(2)18-27(9,10)32-28(11,12)21-25(5,6)22-30(15,16)33-29(13,14)20-24(3,4)19-26(7,8)31/h23H,17-22,31H2,1-16H3. The first-order chi connectivity index (χ1) is 14.2. The predicted octanol–water partition coefficient (Wildman–Crippen LogP) is 8.92. The summed E-state index contributed by atoms with van der Waals surface area (Å²) in [5, 5.41) is 0. The molecule has 0 aromatic carbocycles. The van der Waals surface area contributed by atoms with Crippen molar-refractivity contribution >= 4 is 0 Å². The largest absolute Gasteiger partial charge is 0.370 e. The van der Waals surface area contributed by atoms with E-state index in [-0.39, 0.29) is 38.8 Å². The Hall–Kier alpha value is -0.120. The molecule has 0 rings (SSSR count). The Morgan fingerprint density at radius 3 is 1.15 bits per heavy atom. The zero-order chi connectivity index (χ0) is 26.7. The summed E-state index contributed by atoms with van der Waals surface area (Å²) in [5.74, 6) is 0.674. The van der Waals surface area contributed by atoms with Crippen LogP contribution in [0.25, 0.3) is 0 Å². The zero-order valence-corrected chi connectivity index (χ0v) is 25.7. The van der Waals surface area contributed by atoms with Crippen LogP contribution in [0.3, 0.4) is 0 Å². The van der Waals surface area contributed by atoms with Gasteiger partial charge in [0.15, 0.2) is 0 Å². The summed E-state index contributed by atoms with van der Waals surface area (Å²) in [6.07, 6.45) is 6.19. The Morgan fingerprint density at radius 1 is 0.545 bits per heavy atom. The maximum absolute atomic E-state index is 6.81. The number of rotatable bonds is 15. The second kappa shape index (κ2) is 10.9. The van der Waals surface area contributed by atoms with Crippen LogP contribution in [0.5, 0.6) is 0 Å². The van der Waals surface area contributed by atoms with Gasteiger partial charge in [-0.05, 0) is 118 Å². The van der Waals surface area contributed by atoms with Crippen LogP contribution in [0.15, 0.2) is 0 Å². The highest BCUT2D eigenvalue weighted by Gasteiger charge is 2.41. The van der Waals surface area contributed by atoms with Gasteiger partial charge in [0.1, 0.15) is 0 Å². The molecule has 0 bridgehead atoms. The van der Waals surface area contributed by atoms with Gasteiger partial charge in [-0.2, -0.15) is 0 Å². The molecular formula is C30H63NO2.